The minimum absolute atomic E-state index is 0.0491. The van der Waals surface area contributed by atoms with E-state index in [1.165, 1.54) is 18.5 Å². The van der Waals surface area contributed by atoms with E-state index in [-0.39, 0.29) is 33.7 Å². The third kappa shape index (κ3) is 6.82. The van der Waals surface area contributed by atoms with Crippen molar-refractivity contribution in [1.82, 2.24) is 24.9 Å². The van der Waals surface area contributed by atoms with Crippen molar-refractivity contribution in [1.29, 1.82) is 0 Å². The van der Waals surface area contributed by atoms with Gasteiger partial charge in [0.15, 0.2) is 11.6 Å². The summed E-state index contributed by atoms with van der Waals surface area (Å²) >= 11 is 12.8. The number of amides is 1. The van der Waals surface area contributed by atoms with E-state index in [1.54, 1.807) is 6.92 Å². The zero-order valence-corrected chi connectivity index (χ0v) is 21.9. The largest absolute Gasteiger partial charge is 0.418 e. The Morgan fingerprint density at radius 1 is 1.05 bits per heavy atom. The number of carbonyl (C=O) groups is 2. The molecular weight excluding hydrogens is 585 g/mol. The summed E-state index contributed by atoms with van der Waals surface area (Å²) in [5, 5.41) is 4.90. The number of halogens is 6. The van der Waals surface area contributed by atoms with Crippen molar-refractivity contribution in [2.45, 2.75) is 25.4 Å². The summed E-state index contributed by atoms with van der Waals surface area (Å²) in [5.41, 5.74) is -0.802. The molecule has 0 radical (unpaired) electrons. The number of alkyl halides is 3. The Morgan fingerprint density at radius 2 is 1.82 bits per heavy atom. The van der Waals surface area contributed by atoms with E-state index in [1.807, 2.05) is 0 Å². The molecule has 0 aliphatic rings. The molecule has 0 aromatic carbocycles. The summed E-state index contributed by atoms with van der Waals surface area (Å²) in [4.78, 5) is 45.0. The monoisotopic (exact) mass is 599 g/mol. The minimum Gasteiger partial charge on any atom is -0.338 e. The van der Waals surface area contributed by atoms with Crippen LogP contribution in [0, 0.1) is 5.95 Å². The van der Waals surface area contributed by atoms with Crippen LogP contribution in [-0.4, -0.2) is 36.6 Å². The van der Waals surface area contributed by atoms with Crippen LogP contribution < -0.4 is 10.6 Å². The number of thiazole rings is 1. The lowest BCUT2D eigenvalue weighted by Crippen LogP contribution is -2.13. The molecule has 0 saturated carbocycles. The van der Waals surface area contributed by atoms with Gasteiger partial charge in [0, 0.05) is 18.5 Å². The fourth-order valence-electron chi connectivity index (χ4n) is 3.22. The maximum atomic E-state index is 13.1. The van der Waals surface area contributed by atoms with Crippen LogP contribution >= 0.6 is 34.5 Å². The molecule has 0 saturated heterocycles. The van der Waals surface area contributed by atoms with Crippen LogP contribution in [0.3, 0.4) is 0 Å². The van der Waals surface area contributed by atoms with Crippen LogP contribution in [0.2, 0.25) is 10.0 Å². The maximum absolute atomic E-state index is 13.1. The number of anilines is 3. The van der Waals surface area contributed by atoms with E-state index >= 15 is 0 Å². The number of nitrogens with one attached hydrogen (secondary N) is 2. The SMILES string of the molecule is CC(CC(=O)c1ncnc(Nc2ccc(F)nc2)c1Cl)c1ncc(C(=O)Nc2cc(C(F)(F)F)c(Cl)cn2)s1. The van der Waals surface area contributed by atoms with Crippen LogP contribution in [0.1, 0.15) is 50.0 Å². The molecule has 0 aliphatic heterocycles. The molecular formula is C23H15Cl2F4N7O2S. The fraction of sp³-hybridized carbons (Fsp3) is 0.174. The number of carbonyl (C=O) groups excluding carboxylic acids is 2. The van der Waals surface area contributed by atoms with E-state index in [4.69, 9.17) is 23.2 Å². The molecule has 1 amide bonds. The average Bonchev–Trinajstić information content (AvgIpc) is 3.38. The van der Waals surface area contributed by atoms with Gasteiger partial charge in [-0.25, -0.2) is 24.9 Å². The highest BCUT2D eigenvalue weighted by Crippen LogP contribution is 2.35. The van der Waals surface area contributed by atoms with Crippen molar-refractivity contribution in [3.05, 3.63) is 80.3 Å². The number of hydrogen-bond donors (Lipinski definition) is 2. The summed E-state index contributed by atoms with van der Waals surface area (Å²) in [7, 11) is 0. The molecule has 9 nitrogen and oxygen atoms in total. The van der Waals surface area contributed by atoms with Crippen molar-refractivity contribution in [2.75, 3.05) is 10.6 Å². The zero-order valence-electron chi connectivity index (χ0n) is 19.6. The molecule has 1 unspecified atom stereocenters. The second-order valence-electron chi connectivity index (χ2n) is 7.97. The highest BCUT2D eigenvalue weighted by molar-refractivity contribution is 7.13. The molecule has 4 heterocycles. The quantitative estimate of drug-likeness (QED) is 0.133. The minimum atomic E-state index is -4.72. The van der Waals surface area contributed by atoms with Gasteiger partial charge in [-0.1, -0.05) is 30.1 Å². The molecule has 0 fully saturated rings. The summed E-state index contributed by atoms with van der Waals surface area (Å²) in [6, 6.07) is 3.18. The lowest BCUT2D eigenvalue weighted by molar-refractivity contribution is -0.137. The van der Waals surface area contributed by atoms with Crippen molar-refractivity contribution in [3.63, 3.8) is 0 Å². The molecule has 4 aromatic heterocycles. The summed E-state index contributed by atoms with van der Waals surface area (Å²) in [5.74, 6) is -2.51. The Labute approximate surface area is 231 Å². The molecule has 1 atom stereocenters. The highest BCUT2D eigenvalue weighted by Gasteiger charge is 2.34. The van der Waals surface area contributed by atoms with Gasteiger partial charge in [0.25, 0.3) is 5.91 Å². The van der Waals surface area contributed by atoms with Crippen molar-refractivity contribution >= 4 is 63.6 Å². The molecule has 4 aromatic rings. The number of nitrogens with zero attached hydrogens (tertiary/aromatic N) is 5. The summed E-state index contributed by atoms with van der Waals surface area (Å²) < 4.78 is 52.3. The lowest BCUT2D eigenvalue weighted by atomic mass is 10.0. The first-order valence-electron chi connectivity index (χ1n) is 10.8. The van der Waals surface area contributed by atoms with Crippen LogP contribution in [0.15, 0.2) is 43.1 Å². The lowest BCUT2D eigenvalue weighted by Gasteiger charge is -2.11. The van der Waals surface area contributed by atoms with E-state index in [2.05, 4.69) is 35.6 Å². The van der Waals surface area contributed by atoms with Gasteiger partial charge in [-0.3, -0.25) is 9.59 Å². The van der Waals surface area contributed by atoms with Crippen LogP contribution in [0.25, 0.3) is 0 Å². The zero-order chi connectivity index (χ0) is 28.3. The highest BCUT2D eigenvalue weighted by atomic mass is 35.5. The summed E-state index contributed by atoms with van der Waals surface area (Å²) in [6.07, 6.45) is -0.387. The van der Waals surface area contributed by atoms with Gasteiger partial charge in [-0.15, -0.1) is 11.3 Å². The van der Waals surface area contributed by atoms with Crippen LogP contribution in [0.4, 0.5) is 34.9 Å². The first-order chi connectivity index (χ1) is 18.4. The fourth-order valence-corrected chi connectivity index (χ4v) is 4.55. The molecule has 4 rings (SSSR count). The van der Waals surface area contributed by atoms with Gasteiger partial charge < -0.3 is 10.6 Å². The van der Waals surface area contributed by atoms with Gasteiger partial charge in [-0.2, -0.15) is 17.6 Å². The number of aromatic nitrogens is 5. The molecule has 16 heteroatoms. The molecule has 2 N–H and O–H groups in total. The first kappa shape index (κ1) is 28.3. The van der Waals surface area contributed by atoms with Gasteiger partial charge in [0.2, 0.25) is 5.95 Å². The van der Waals surface area contributed by atoms with E-state index in [0.717, 1.165) is 29.9 Å². The Morgan fingerprint density at radius 3 is 2.51 bits per heavy atom. The second-order valence-corrected chi connectivity index (χ2v) is 9.82. The van der Waals surface area contributed by atoms with Gasteiger partial charge >= 0.3 is 6.18 Å². The number of pyridine rings is 2. The standard InChI is InChI=1S/C23H15Cl2F4N7O2S/c1-10(4-14(37)19-18(25)20(34-9-33-19)35-11-2-3-16(26)30-6-11)22-32-8-15(39-22)21(38)36-17-5-12(23(27,28)29)13(24)7-31-17/h2-3,5-10H,4H2,1H3,(H,31,36,38)(H,33,34,35). The predicted molar refractivity (Wildman–Crippen MR) is 136 cm³/mol. The molecule has 0 bridgehead atoms. The normalized spacial score (nSPS) is 12.2. The summed E-state index contributed by atoms with van der Waals surface area (Å²) in [6.45, 7) is 1.70. The van der Waals surface area contributed by atoms with E-state index < -0.39 is 40.3 Å². The van der Waals surface area contributed by atoms with Gasteiger partial charge in [-0.05, 0) is 18.2 Å². The molecule has 39 heavy (non-hydrogen) atoms. The predicted octanol–water partition coefficient (Wildman–Crippen LogP) is 6.56. The molecule has 0 aliphatic carbocycles. The third-order valence-electron chi connectivity index (χ3n) is 5.11. The Balaban J connectivity index is 1.43. The van der Waals surface area contributed by atoms with Crippen molar-refractivity contribution in [3.8, 4) is 0 Å². The second kappa shape index (κ2) is 11.6. The van der Waals surface area contributed by atoms with E-state index in [9.17, 15) is 27.2 Å². The third-order valence-corrected chi connectivity index (χ3v) is 6.99. The van der Waals surface area contributed by atoms with Crippen molar-refractivity contribution < 1.29 is 27.2 Å². The topological polar surface area (TPSA) is 123 Å². The smallest absolute Gasteiger partial charge is 0.338 e. The van der Waals surface area contributed by atoms with Crippen molar-refractivity contribution in [2.24, 2.45) is 0 Å². The first-order valence-corrected chi connectivity index (χ1v) is 12.4. The molecule has 202 valence electrons. The van der Waals surface area contributed by atoms with Gasteiger partial charge in [0.05, 0.1) is 33.7 Å². The van der Waals surface area contributed by atoms with Crippen LogP contribution in [-0.2, 0) is 6.18 Å². The Bertz CT molecular complexity index is 1530. The van der Waals surface area contributed by atoms with Crippen LogP contribution in [0.5, 0.6) is 0 Å². The number of hydrogen-bond acceptors (Lipinski definition) is 9. The number of Topliss-reactive ketones (excluding diaryl/α,β-unsaturated/α-hetero) is 1. The maximum Gasteiger partial charge on any atom is 0.418 e. The average molecular weight is 600 g/mol. The van der Waals surface area contributed by atoms with E-state index in [0.29, 0.717) is 16.8 Å². The molecule has 0 spiro atoms. The number of ketones is 1. The van der Waals surface area contributed by atoms with Gasteiger partial charge in [0.1, 0.15) is 27.7 Å². The Kier molecular flexibility index (Phi) is 8.37. The number of rotatable bonds is 8. The Hall–Kier alpha value is -3.75.